The highest BCUT2D eigenvalue weighted by Crippen LogP contribution is 2.21. The van der Waals surface area contributed by atoms with Crippen LogP contribution in [0.4, 0.5) is 5.69 Å². The first-order valence-electron chi connectivity index (χ1n) is 5.82. The van der Waals surface area contributed by atoms with E-state index in [2.05, 4.69) is 21.2 Å². The molecule has 0 saturated heterocycles. The Labute approximate surface area is 121 Å². The lowest BCUT2D eigenvalue weighted by atomic mass is 10.0. The average Bonchev–Trinajstić information content (AvgIpc) is 2.29. The van der Waals surface area contributed by atoms with E-state index in [4.69, 9.17) is 18.0 Å². The number of hydrogen-bond donors (Lipinski definition) is 2. The highest BCUT2D eigenvalue weighted by atomic mass is 79.9. The molecular weight excluding hydrogens is 312 g/mol. The van der Waals surface area contributed by atoms with E-state index >= 15 is 0 Å². The molecule has 0 radical (unpaired) electrons. The fourth-order valence-electron chi connectivity index (χ4n) is 1.68. The third-order valence-corrected chi connectivity index (χ3v) is 3.46. The predicted molar refractivity (Wildman–Crippen MR) is 82.7 cm³/mol. The maximum absolute atomic E-state index is 12.1. The molecule has 0 aromatic heterocycles. The van der Waals surface area contributed by atoms with Gasteiger partial charge in [-0.1, -0.05) is 41.5 Å². The number of amides is 1. The van der Waals surface area contributed by atoms with Gasteiger partial charge in [-0.3, -0.25) is 4.79 Å². The summed E-state index contributed by atoms with van der Waals surface area (Å²) in [6, 6.07) is 5.70. The molecule has 1 aromatic rings. The number of rotatable bonds is 5. The molecule has 1 atom stereocenters. The van der Waals surface area contributed by atoms with E-state index in [9.17, 15) is 4.79 Å². The molecule has 0 heterocycles. The first-order chi connectivity index (χ1) is 8.45. The number of nitrogens with one attached hydrogen (secondary N) is 1. The Balaban J connectivity index is 2.82. The molecule has 1 rings (SSSR count). The summed E-state index contributed by atoms with van der Waals surface area (Å²) in [5.74, 6) is -0.525. The van der Waals surface area contributed by atoms with Crippen LogP contribution in [0, 0.1) is 12.8 Å². The van der Waals surface area contributed by atoms with Crippen molar-refractivity contribution >= 4 is 44.7 Å². The molecule has 18 heavy (non-hydrogen) atoms. The summed E-state index contributed by atoms with van der Waals surface area (Å²) in [6.07, 6.45) is 1.55. The maximum Gasteiger partial charge on any atom is 0.234 e. The van der Waals surface area contributed by atoms with Gasteiger partial charge in [0.2, 0.25) is 5.91 Å². The minimum atomic E-state index is -0.395. The van der Waals surface area contributed by atoms with Crippen LogP contribution in [0.5, 0.6) is 0 Å². The third kappa shape index (κ3) is 4.07. The standard InChI is InChI=1S/C13H17BrN2OS/c1-3-4-10(12(15)18)13(17)16-11-6-5-9(14)7-8(11)2/h5-7,10H,3-4H2,1-2H3,(H2,15,18)(H,16,17). The topological polar surface area (TPSA) is 55.1 Å². The second-order valence-corrected chi connectivity index (χ2v) is 5.58. The minimum Gasteiger partial charge on any atom is -0.393 e. The molecule has 0 aliphatic rings. The summed E-state index contributed by atoms with van der Waals surface area (Å²) in [7, 11) is 0. The largest absolute Gasteiger partial charge is 0.393 e. The van der Waals surface area contributed by atoms with Crippen molar-refractivity contribution in [3.63, 3.8) is 0 Å². The number of anilines is 1. The van der Waals surface area contributed by atoms with Gasteiger partial charge >= 0.3 is 0 Å². The van der Waals surface area contributed by atoms with Gasteiger partial charge in [-0.05, 0) is 37.1 Å². The van der Waals surface area contributed by atoms with Crippen LogP contribution in [0.25, 0.3) is 0 Å². The summed E-state index contributed by atoms with van der Waals surface area (Å²) in [4.78, 5) is 12.3. The summed E-state index contributed by atoms with van der Waals surface area (Å²) >= 11 is 8.32. The molecule has 5 heteroatoms. The Hall–Kier alpha value is -0.940. The molecule has 1 unspecified atom stereocenters. The molecule has 0 aliphatic carbocycles. The van der Waals surface area contributed by atoms with Crippen LogP contribution in [0.15, 0.2) is 22.7 Å². The van der Waals surface area contributed by atoms with Crippen LogP contribution in [0.1, 0.15) is 25.3 Å². The van der Waals surface area contributed by atoms with Crippen molar-refractivity contribution in [3.05, 3.63) is 28.2 Å². The van der Waals surface area contributed by atoms with Crippen LogP contribution in [0.2, 0.25) is 0 Å². The molecule has 1 aromatic carbocycles. The summed E-state index contributed by atoms with van der Waals surface area (Å²) in [5, 5.41) is 2.88. The van der Waals surface area contributed by atoms with Crippen molar-refractivity contribution in [2.75, 3.05) is 5.32 Å². The number of hydrogen-bond acceptors (Lipinski definition) is 2. The highest BCUT2D eigenvalue weighted by molar-refractivity contribution is 9.10. The van der Waals surface area contributed by atoms with E-state index in [1.54, 1.807) is 0 Å². The SMILES string of the molecule is CCCC(C(=O)Nc1ccc(Br)cc1C)C(N)=S. The Morgan fingerprint density at radius 2 is 2.22 bits per heavy atom. The molecule has 0 bridgehead atoms. The van der Waals surface area contributed by atoms with E-state index in [0.717, 1.165) is 22.1 Å². The minimum absolute atomic E-state index is 0.130. The van der Waals surface area contributed by atoms with Crippen LogP contribution in [-0.2, 0) is 4.79 Å². The van der Waals surface area contributed by atoms with Crippen molar-refractivity contribution < 1.29 is 4.79 Å². The lowest BCUT2D eigenvalue weighted by Gasteiger charge is -2.16. The van der Waals surface area contributed by atoms with Gasteiger partial charge < -0.3 is 11.1 Å². The molecule has 98 valence electrons. The smallest absolute Gasteiger partial charge is 0.234 e. The lowest BCUT2D eigenvalue weighted by Crippen LogP contribution is -2.33. The fraction of sp³-hybridized carbons (Fsp3) is 0.385. The zero-order chi connectivity index (χ0) is 13.7. The summed E-state index contributed by atoms with van der Waals surface area (Å²) < 4.78 is 0.984. The second kappa shape index (κ2) is 6.85. The normalized spacial score (nSPS) is 11.9. The van der Waals surface area contributed by atoms with E-state index in [0.29, 0.717) is 6.42 Å². The number of carbonyl (C=O) groups excluding carboxylic acids is 1. The number of halogens is 1. The van der Waals surface area contributed by atoms with Crippen molar-refractivity contribution in [2.24, 2.45) is 11.7 Å². The Bertz CT molecular complexity index is 462. The van der Waals surface area contributed by atoms with Crippen LogP contribution in [0.3, 0.4) is 0 Å². The van der Waals surface area contributed by atoms with E-state index in [1.807, 2.05) is 32.0 Å². The van der Waals surface area contributed by atoms with Gasteiger partial charge in [0.1, 0.15) is 0 Å². The quantitative estimate of drug-likeness (QED) is 0.814. The van der Waals surface area contributed by atoms with Crippen LogP contribution >= 0.6 is 28.1 Å². The molecule has 3 N–H and O–H groups in total. The Morgan fingerprint density at radius 3 is 2.72 bits per heavy atom. The fourth-order valence-corrected chi connectivity index (χ4v) is 2.38. The van der Waals surface area contributed by atoms with E-state index in [1.165, 1.54) is 0 Å². The molecular formula is C13H17BrN2OS. The van der Waals surface area contributed by atoms with Crippen LogP contribution in [-0.4, -0.2) is 10.9 Å². The monoisotopic (exact) mass is 328 g/mol. The molecule has 3 nitrogen and oxygen atoms in total. The van der Waals surface area contributed by atoms with Crippen molar-refractivity contribution in [1.82, 2.24) is 0 Å². The van der Waals surface area contributed by atoms with Gasteiger partial charge in [-0.15, -0.1) is 0 Å². The number of nitrogens with two attached hydrogens (primary N) is 1. The first-order valence-corrected chi connectivity index (χ1v) is 7.02. The Morgan fingerprint density at radius 1 is 1.56 bits per heavy atom. The zero-order valence-electron chi connectivity index (χ0n) is 10.5. The molecule has 1 amide bonds. The van der Waals surface area contributed by atoms with Crippen molar-refractivity contribution in [1.29, 1.82) is 0 Å². The Kier molecular flexibility index (Phi) is 5.75. The van der Waals surface area contributed by atoms with E-state index < -0.39 is 5.92 Å². The van der Waals surface area contributed by atoms with Crippen molar-refractivity contribution in [2.45, 2.75) is 26.7 Å². The molecule has 0 fully saturated rings. The number of benzene rings is 1. The van der Waals surface area contributed by atoms with Crippen LogP contribution < -0.4 is 11.1 Å². The first kappa shape index (κ1) is 15.1. The highest BCUT2D eigenvalue weighted by Gasteiger charge is 2.20. The predicted octanol–water partition coefficient (Wildman–Crippen LogP) is 3.40. The maximum atomic E-state index is 12.1. The molecule has 0 aliphatic heterocycles. The van der Waals surface area contributed by atoms with Gasteiger partial charge in [0.25, 0.3) is 0 Å². The van der Waals surface area contributed by atoms with Crippen molar-refractivity contribution in [3.8, 4) is 0 Å². The molecule has 0 saturated carbocycles. The van der Waals surface area contributed by atoms with Gasteiger partial charge in [0, 0.05) is 10.2 Å². The van der Waals surface area contributed by atoms with Gasteiger partial charge in [-0.25, -0.2) is 0 Å². The molecule has 0 spiro atoms. The second-order valence-electron chi connectivity index (χ2n) is 4.19. The van der Waals surface area contributed by atoms with Gasteiger partial charge in [0.15, 0.2) is 0 Å². The number of aryl methyl sites for hydroxylation is 1. The number of carbonyl (C=O) groups is 1. The summed E-state index contributed by atoms with van der Waals surface area (Å²) in [6.45, 7) is 3.94. The lowest BCUT2D eigenvalue weighted by molar-refractivity contribution is -0.118. The number of thiocarbonyl (C=S) groups is 1. The van der Waals surface area contributed by atoms with Gasteiger partial charge in [-0.2, -0.15) is 0 Å². The zero-order valence-corrected chi connectivity index (χ0v) is 12.9. The average molecular weight is 329 g/mol. The summed E-state index contributed by atoms with van der Waals surface area (Å²) in [5.41, 5.74) is 7.39. The van der Waals surface area contributed by atoms with E-state index in [-0.39, 0.29) is 10.9 Å². The van der Waals surface area contributed by atoms with Gasteiger partial charge in [0.05, 0.1) is 10.9 Å². The third-order valence-electron chi connectivity index (χ3n) is 2.68.